The average molecular weight is 383 g/mol. The minimum atomic E-state index is 0.246. The molecular formula is C16H19ClN4OS2. The second kappa shape index (κ2) is 7.74. The van der Waals surface area contributed by atoms with Gasteiger partial charge in [0.2, 0.25) is 5.28 Å². The molecule has 128 valence electrons. The number of thioether (sulfide) groups is 1. The van der Waals surface area contributed by atoms with Crippen molar-refractivity contribution in [2.24, 2.45) is 11.7 Å². The van der Waals surface area contributed by atoms with E-state index in [9.17, 15) is 0 Å². The van der Waals surface area contributed by atoms with E-state index in [0.717, 1.165) is 28.2 Å². The maximum absolute atomic E-state index is 6.15. The van der Waals surface area contributed by atoms with Crippen molar-refractivity contribution in [3.05, 3.63) is 34.3 Å². The first kappa shape index (κ1) is 17.5. The van der Waals surface area contributed by atoms with Crippen LogP contribution in [0.25, 0.3) is 10.2 Å². The van der Waals surface area contributed by atoms with E-state index in [2.05, 4.69) is 28.5 Å². The standard InChI is InChI=1S/C16H19ClN4OS2/c1-9(7-18)6-11-13(23-2)12-14(24-11)15(21-16(17)20-12)19-8-10-4-3-5-22-10/h3-5,9H,6-8,18H2,1-2H3,(H,19,20,21). The fourth-order valence-corrected chi connectivity index (χ4v) is 4.95. The van der Waals surface area contributed by atoms with E-state index in [0.29, 0.717) is 19.0 Å². The largest absolute Gasteiger partial charge is 0.467 e. The van der Waals surface area contributed by atoms with Gasteiger partial charge in [-0.1, -0.05) is 6.92 Å². The quantitative estimate of drug-likeness (QED) is 0.465. The molecular weight excluding hydrogens is 364 g/mol. The highest BCUT2D eigenvalue weighted by Gasteiger charge is 2.19. The molecule has 0 aromatic carbocycles. The van der Waals surface area contributed by atoms with Crippen molar-refractivity contribution in [3.63, 3.8) is 0 Å². The van der Waals surface area contributed by atoms with Gasteiger partial charge in [0.1, 0.15) is 17.1 Å². The molecule has 0 fully saturated rings. The van der Waals surface area contributed by atoms with Gasteiger partial charge in [0.25, 0.3) is 0 Å². The third-order valence-electron chi connectivity index (χ3n) is 3.68. The maximum Gasteiger partial charge on any atom is 0.225 e. The lowest BCUT2D eigenvalue weighted by atomic mass is 10.1. The van der Waals surface area contributed by atoms with E-state index in [1.807, 2.05) is 12.1 Å². The molecule has 3 rings (SSSR count). The van der Waals surface area contributed by atoms with Gasteiger partial charge in [0.05, 0.1) is 17.5 Å². The Balaban J connectivity index is 1.99. The maximum atomic E-state index is 6.15. The molecule has 0 saturated heterocycles. The zero-order valence-corrected chi connectivity index (χ0v) is 15.9. The summed E-state index contributed by atoms with van der Waals surface area (Å²) >= 11 is 9.55. The van der Waals surface area contributed by atoms with Crippen LogP contribution in [0.3, 0.4) is 0 Å². The third-order valence-corrected chi connectivity index (χ3v) is 6.04. The predicted molar refractivity (Wildman–Crippen MR) is 102 cm³/mol. The molecule has 0 aliphatic carbocycles. The molecule has 0 amide bonds. The van der Waals surface area contributed by atoms with E-state index in [4.69, 9.17) is 21.8 Å². The van der Waals surface area contributed by atoms with E-state index < -0.39 is 0 Å². The van der Waals surface area contributed by atoms with Crippen LogP contribution in [0, 0.1) is 5.92 Å². The van der Waals surface area contributed by atoms with Crippen molar-refractivity contribution in [2.75, 3.05) is 18.1 Å². The summed E-state index contributed by atoms with van der Waals surface area (Å²) < 4.78 is 6.38. The highest BCUT2D eigenvalue weighted by atomic mass is 35.5. The second-order valence-electron chi connectivity index (χ2n) is 5.56. The molecule has 0 aliphatic heterocycles. The molecule has 3 heterocycles. The molecule has 3 aromatic rings. The summed E-state index contributed by atoms with van der Waals surface area (Å²) in [5.41, 5.74) is 6.70. The van der Waals surface area contributed by atoms with Gasteiger partial charge < -0.3 is 15.5 Å². The number of thiophene rings is 1. The number of hydrogen-bond acceptors (Lipinski definition) is 7. The number of aromatic nitrogens is 2. The van der Waals surface area contributed by atoms with Crippen LogP contribution in [-0.2, 0) is 13.0 Å². The zero-order chi connectivity index (χ0) is 17.1. The van der Waals surface area contributed by atoms with Crippen LogP contribution in [0.1, 0.15) is 17.6 Å². The van der Waals surface area contributed by atoms with Gasteiger partial charge in [-0.25, -0.2) is 4.98 Å². The van der Waals surface area contributed by atoms with Crippen molar-refractivity contribution < 1.29 is 4.42 Å². The van der Waals surface area contributed by atoms with Crippen LogP contribution in [-0.4, -0.2) is 22.8 Å². The van der Waals surface area contributed by atoms with E-state index in [1.165, 1.54) is 9.77 Å². The number of anilines is 1. The molecule has 0 aliphatic rings. The van der Waals surface area contributed by atoms with Crippen LogP contribution in [0.2, 0.25) is 5.28 Å². The van der Waals surface area contributed by atoms with Gasteiger partial charge in [-0.15, -0.1) is 23.1 Å². The van der Waals surface area contributed by atoms with Crippen LogP contribution in [0.4, 0.5) is 5.82 Å². The first-order valence-electron chi connectivity index (χ1n) is 7.61. The third kappa shape index (κ3) is 3.69. The molecule has 24 heavy (non-hydrogen) atoms. The van der Waals surface area contributed by atoms with Gasteiger partial charge in [-0.3, -0.25) is 0 Å². The van der Waals surface area contributed by atoms with E-state index in [-0.39, 0.29) is 5.28 Å². The van der Waals surface area contributed by atoms with Gasteiger partial charge in [0.15, 0.2) is 0 Å². The number of fused-ring (bicyclic) bond motifs is 1. The summed E-state index contributed by atoms with van der Waals surface area (Å²) in [6.07, 6.45) is 4.65. The molecule has 0 saturated carbocycles. The summed E-state index contributed by atoms with van der Waals surface area (Å²) in [6.45, 7) is 3.37. The lowest BCUT2D eigenvalue weighted by Crippen LogP contribution is -2.12. The lowest BCUT2D eigenvalue weighted by molar-refractivity contribution is 0.518. The summed E-state index contributed by atoms with van der Waals surface area (Å²) in [5.74, 6) is 2.01. The second-order valence-corrected chi connectivity index (χ2v) is 7.82. The van der Waals surface area contributed by atoms with Crippen molar-refractivity contribution >= 4 is 50.7 Å². The van der Waals surface area contributed by atoms with E-state index in [1.54, 1.807) is 29.4 Å². The van der Waals surface area contributed by atoms with E-state index >= 15 is 0 Å². The highest BCUT2D eigenvalue weighted by Crippen LogP contribution is 2.40. The molecule has 0 spiro atoms. The number of nitrogens with two attached hydrogens (primary N) is 1. The first-order chi connectivity index (χ1) is 11.6. The monoisotopic (exact) mass is 382 g/mol. The van der Waals surface area contributed by atoms with Crippen molar-refractivity contribution in [3.8, 4) is 0 Å². The molecule has 5 nitrogen and oxygen atoms in total. The Morgan fingerprint density at radius 3 is 2.96 bits per heavy atom. The summed E-state index contributed by atoms with van der Waals surface area (Å²) in [5, 5.41) is 3.56. The van der Waals surface area contributed by atoms with Crippen molar-refractivity contribution in [1.29, 1.82) is 0 Å². The smallest absolute Gasteiger partial charge is 0.225 e. The molecule has 0 bridgehead atoms. The molecule has 8 heteroatoms. The number of nitrogens with one attached hydrogen (secondary N) is 1. The average Bonchev–Trinajstić information content (AvgIpc) is 3.19. The van der Waals surface area contributed by atoms with Crippen LogP contribution >= 0.6 is 34.7 Å². The van der Waals surface area contributed by atoms with Gasteiger partial charge >= 0.3 is 0 Å². The summed E-state index contributed by atoms with van der Waals surface area (Å²) in [4.78, 5) is 11.3. The Hall–Kier alpha value is -1.28. The number of rotatable bonds is 7. The fourth-order valence-electron chi connectivity index (χ4n) is 2.42. The first-order valence-corrected chi connectivity index (χ1v) is 10.0. The minimum absolute atomic E-state index is 0.246. The predicted octanol–water partition coefficient (Wildman–Crippen LogP) is 4.41. The van der Waals surface area contributed by atoms with Crippen LogP contribution in [0.15, 0.2) is 27.7 Å². The molecule has 1 unspecified atom stereocenters. The number of hydrogen-bond donors (Lipinski definition) is 2. The van der Waals surface area contributed by atoms with Crippen LogP contribution < -0.4 is 11.1 Å². The van der Waals surface area contributed by atoms with Crippen LogP contribution in [0.5, 0.6) is 0 Å². The lowest BCUT2D eigenvalue weighted by Gasteiger charge is -2.07. The molecule has 1 atom stereocenters. The molecule has 3 aromatic heterocycles. The Labute approximate surface area is 154 Å². The number of nitrogens with zero attached hydrogens (tertiary/aromatic N) is 2. The Kier molecular flexibility index (Phi) is 5.65. The Morgan fingerprint density at radius 1 is 1.46 bits per heavy atom. The minimum Gasteiger partial charge on any atom is -0.467 e. The number of halogens is 1. The van der Waals surface area contributed by atoms with Gasteiger partial charge in [0, 0.05) is 9.77 Å². The Morgan fingerprint density at radius 2 is 2.29 bits per heavy atom. The Bertz CT molecular complexity index is 819. The van der Waals surface area contributed by atoms with Crippen molar-refractivity contribution in [1.82, 2.24) is 9.97 Å². The van der Waals surface area contributed by atoms with Gasteiger partial charge in [-0.2, -0.15) is 4.98 Å². The summed E-state index contributed by atoms with van der Waals surface area (Å²) in [6, 6.07) is 3.78. The highest BCUT2D eigenvalue weighted by molar-refractivity contribution is 7.99. The SMILES string of the molecule is CSc1c(CC(C)CN)sc2c(NCc3ccco3)nc(Cl)nc12. The normalized spacial score (nSPS) is 12.7. The molecule has 0 radical (unpaired) electrons. The topological polar surface area (TPSA) is 77.0 Å². The fraction of sp³-hybridized carbons (Fsp3) is 0.375. The number of furan rings is 1. The molecule has 3 N–H and O–H groups in total. The van der Waals surface area contributed by atoms with Crippen molar-refractivity contribution in [2.45, 2.75) is 24.8 Å². The summed E-state index contributed by atoms with van der Waals surface area (Å²) in [7, 11) is 0. The van der Waals surface area contributed by atoms with Gasteiger partial charge in [-0.05, 0) is 48.9 Å². The zero-order valence-electron chi connectivity index (χ0n) is 13.5.